The first-order chi connectivity index (χ1) is 12.3. The van der Waals surface area contributed by atoms with Crippen LogP contribution in [-0.2, 0) is 7.05 Å². The number of halogens is 1. The normalized spacial score (nSPS) is 11.0. The third-order valence-corrected chi connectivity index (χ3v) is 4.12. The van der Waals surface area contributed by atoms with E-state index in [1.807, 2.05) is 50.6 Å². The van der Waals surface area contributed by atoms with Gasteiger partial charge in [0, 0.05) is 13.1 Å². The largest absolute Gasteiger partial charge is 0.489 e. The van der Waals surface area contributed by atoms with E-state index >= 15 is 0 Å². The Morgan fingerprint density at radius 3 is 2.65 bits per heavy atom. The van der Waals surface area contributed by atoms with Crippen molar-refractivity contribution in [3.8, 4) is 5.75 Å². The molecule has 0 aliphatic rings. The second-order valence-electron chi connectivity index (χ2n) is 6.28. The predicted molar refractivity (Wildman–Crippen MR) is 107 cm³/mol. The van der Waals surface area contributed by atoms with Gasteiger partial charge < -0.3 is 19.9 Å². The van der Waals surface area contributed by atoms with Crippen molar-refractivity contribution in [3.05, 3.63) is 48.0 Å². The SMILES string of the molecule is Cc1nc2cccc(NC(=S)Nc3cc(F)ccc3OC(C)C)c2n1C. The number of ether oxygens (including phenoxy) is 1. The number of thiocarbonyl (C=S) groups is 1. The number of benzene rings is 2. The quantitative estimate of drug-likeness (QED) is 0.655. The van der Waals surface area contributed by atoms with Crippen molar-refractivity contribution in [2.45, 2.75) is 26.9 Å². The zero-order valence-corrected chi connectivity index (χ0v) is 15.9. The highest BCUT2D eigenvalue weighted by Gasteiger charge is 2.12. The van der Waals surface area contributed by atoms with Crippen LogP contribution in [0.15, 0.2) is 36.4 Å². The topological polar surface area (TPSA) is 51.1 Å². The van der Waals surface area contributed by atoms with E-state index < -0.39 is 0 Å². The minimum absolute atomic E-state index is 0.0336. The van der Waals surface area contributed by atoms with Gasteiger partial charge in [-0.05, 0) is 57.3 Å². The lowest BCUT2D eigenvalue weighted by atomic mass is 10.2. The third-order valence-electron chi connectivity index (χ3n) is 3.92. The number of rotatable bonds is 4. The smallest absolute Gasteiger partial charge is 0.175 e. The molecule has 0 radical (unpaired) electrons. The number of imidazole rings is 1. The molecule has 2 N–H and O–H groups in total. The number of fused-ring (bicyclic) bond motifs is 1. The summed E-state index contributed by atoms with van der Waals surface area (Å²) >= 11 is 5.42. The maximum atomic E-state index is 13.7. The van der Waals surface area contributed by atoms with E-state index in [1.54, 1.807) is 6.07 Å². The maximum Gasteiger partial charge on any atom is 0.175 e. The molecule has 0 unspecified atom stereocenters. The van der Waals surface area contributed by atoms with Crippen LogP contribution < -0.4 is 15.4 Å². The van der Waals surface area contributed by atoms with Crippen LogP contribution >= 0.6 is 12.2 Å². The third kappa shape index (κ3) is 3.77. The molecule has 0 saturated heterocycles. The van der Waals surface area contributed by atoms with Crippen molar-refractivity contribution >= 4 is 39.7 Å². The molecule has 5 nitrogen and oxygen atoms in total. The van der Waals surface area contributed by atoms with Gasteiger partial charge in [-0.25, -0.2) is 9.37 Å². The van der Waals surface area contributed by atoms with Gasteiger partial charge in [0.2, 0.25) is 0 Å². The van der Waals surface area contributed by atoms with Gasteiger partial charge in [-0.2, -0.15) is 0 Å². The van der Waals surface area contributed by atoms with Crippen molar-refractivity contribution in [1.29, 1.82) is 0 Å². The maximum absolute atomic E-state index is 13.7. The molecular formula is C19H21FN4OS. The standard InChI is InChI=1S/C19H21FN4OS/c1-11(2)25-17-9-8-13(20)10-16(17)23-19(26)22-15-7-5-6-14-18(15)24(4)12(3)21-14/h5-11H,1-4H3,(H2,22,23,26). The van der Waals surface area contributed by atoms with Crippen LogP contribution in [0, 0.1) is 12.7 Å². The molecule has 0 saturated carbocycles. The fourth-order valence-corrected chi connectivity index (χ4v) is 2.94. The predicted octanol–water partition coefficient (Wildman–Crippen LogP) is 4.62. The van der Waals surface area contributed by atoms with E-state index in [0.29, 0.717) is 16.5 Å². The Bertz CT molecular complexity index is 968. The average Bonchev–Trinajstić information content (AvgIpc) is 2.85. The Balaban J connectivity index is 1.85. The summed E-state index contributed by atoms with van der Waals surface area (Å²) in [7, 11) is 1.95. The van der Waals surface area contributed by atoms with Crippen LogP contribution in [-0.4, -0.2) is 20.8 Å². The highest BCUT2D eigenvalue weighted by molar-refractivity contribution is 7.80. The lowest BCUT2D eigenvalue weighted by Gasteiger charge is -2.17. The molecule has 0 fully saturated rings. The molecule has 0 atom stereocenters. The summed E-state index contributed by atoms with van der Waals surface area (Å²) < 4.78 is 21.4. The molecular weight excluding hydrogens is 351 g/mol. The number of hydrogen-bond acceptors (Lipinski definition) is 3. The fraction of sp³-hybridized carbons (Fsp3) is 0.263. The fourth-order valence-electron chi connectivity index (χ4n) is 2.72. The molecule has 0 amide bonds. The van der Waals surface area contributed by atoms with Gasteiger partial charge in [0.1, 0.15) is 17.4 Å². The van der Waals surface area contributed by atoms with Gasteiger partial charge in [0.05, 0.1) is 28.5 Å². The summed E-state index contributed by atoms with van der Waals surface area (Å²) in [5.41, 5.74) is 3.13. The van der Waals surface area contributed by atoms with E-state index in [2.05, 4.69) is 15.6 Å². The Morgan fingerprint density at radius 2 is 1.92 bits per heavy atom. The Morgan fingerprint density at radius 1 is 1.19 bits per heavy atom. The van der Waals surface area contributed by atoms with Crippen LogP contribution in [0.3, 0.4) is 0 Å². The van der Waals surface area contributed by atoms with Gasteiger partial charge >= 0.3 is 0 Å². The van der Waals surface area contributed by atoms with E-state index in [4.69, 9.17) is 17.0 Å². The Kier molecular flexibility index (Phi) is 5.08. The molecule has 1 heterocycles. The molecule has 2 aromatic carbocycles. The second-order valence-corrected chi connectivity index (χ2v) is 6.69. The number of nitrogens with one attached hydrogen (secondary N) is 2. The van der Waals surface area contributed by atoms with Crippen molar-refractivity contribution in [3.63, 3.8) is 0 Å². The zero-order chi connectivity index (χ0) is 18.8. The van der Waals surface area contributed by atoms with Gasteiger partial charge in [0.25, 0.3) is 0 Å². The molecule has 0 aliphatic heterocycles. The zero-order valence-electron chi connectivity index (χ0n) is 15.1. The Hall–Kier alpha value is -2.67. The lowest BCUT2D eigenvalue weighted by molar-refractivity contribution is 0.243. The van der Waals surface area contributed by atoms with Gasteiger partial charge in [0.15, 0.2) is 5.11 Å². The van der Waals surface area contributed by atoms with Crippen molar-refractivity contribution in [2.75, 3.05) is 10.6 Å². The molecule has 0 aliphatic carbocycles. The molecule has 3 aromatic rings. The minimum atomic E-state index is -0.365. The summed E-state index contributed by atoms with van der Waals surface area (Å²) in [5.74, 6) is 1.08. The number of anilines is 2. The minimum Gasteiger partial charge on any atom is -0.489 e. The monoisotopic (exact) mass is 372 g/mol. The summed E-state index contributed by atoms with van der Waals surface area (Å²) in [4.78, 5) is 4.51. The van der Waals surface area contributed by atoms with Crippen molar-refractivity contribution in [1.82, 2.24) is 9.55 Å². The number of para-hydroxylation sites is 1. The average molecular weight is 372 g/mol. The van der Waals surface area contributed by atoms with Gasteiger partial charge in [-0.3, -0.25) is 0 Å². The number of aromatic nitrogens is 2. The molecule has 3 rings (SSSR count). The number of hydrogen-bond donors (Lipinski definition) is 2. The number of aryl methyl sites for hydroxylation is 2. The first kappa shape index (κ1) is 18.1. The first-order valence-electron chi connectivity index (χ1n) is 8.31. The van der Waals surface area contributed by atoms with Crippen LogP contribution in [0.25, 0.3) is 11.0 Å². The number of nitrogens with zero attached hydrogens (tertiary/aromatic N) is 2. The van der Waals surface area contributed by atoms with Crippen LogP contribution in [0.4, 0.5) is 15.8 Å². The Labute approximate surface area is 157 Å². The van der Waals surface area contributed by atoms with Crippen LogP contribution in [0.1, 0.15) is 19.7 Å². The van der Waals surface area contributed by atoms with E-state index in [9.17, 15) is 4.39 Å². The van der Waals surface area contributed by atoms with E-state index in [0.717, 1.165) is 22.5 Å². The van der Waals surface area contributed by atoms with Crippen molar-refractivity contribution < 1.29 is 9.13 Å². The molecule has 0 spiro atoms. The molecule has 136 valence electrons. The van der Waals surface area contributed by atoms with Gasteiger partial charge in [-0.1, -0.05) is 6.07 Å². The summed E-state index contributed by atoms with van der Waals surface area (Å²) in [6.45, 7) is 5.77. The highest BCUT2D eigenvalue weighted by Crippen LogP contribution is 2.28. The van der Waals surface area contributed by atoms with Crippen LogP contribution in [0.2, 0.25) is 0 Å². The second kappa shape index (κ2) is 7.29. The summed E-state index contributed by atoms with van der Waals surface area (Å²) in [5, 5.41) is 6.53. The molecule has 7 heteroatoms. The van der Waals surface area contributed by atoms with Gasteiger partial charge in [-0.15, -0.1) is 0 Å². The lowest BCUT2D eigenvalue weighted by Crippen LogP contribution is -2.20. The van der Waals surface area contributed by atoms with Crippen molar-refractivity contribution in [2.24, 2.45) is 7.05 Å². The van der Waals surface area contributed by atoms with E-state index in [-0.39, 0.29) is 11.9 Å². The highest BCUT2D eigenvalue weighted by atomic mass is 32.1. The van der Waals surface area contributed by atoms with Crippen LogP contribution in [0.5, 0.6) is 5.75 Å². The molecule has 0 bridgehead atoms. The summed E-state index contributed by atoms with van der Waals surface area (Å²) in [6.07, 6.45) is -0.0336. The van der Waals surface area contributed by atoms with E-state index in [1.165, 1.54) is 12.1 Å². The molecule has 1 aromatic heterocycles. The molecule has 26 heavy (non-hydrogen) atoms. The first-order valence-corrected chi connectivity index (χ1v) is 8.72. The summed E-state index contributed by atoms with van der Waals surface area (Å²) in [6, 6.07) is 10.1.